The average molecular weight is 302 g/mol. The van der Waals surface area contributed by atoms with E-state index < -0.39 is 11.7 Å². The molecule has 0 aliphatic heterocycles. The Labute approximate surface area is 125 Å². The molecule has 5 heteroatoms. The van der Waals surface area contributed by atoms with Gasteiger partial charge in [0.05, 0.1) is 17.3 Å². The molecule has 1 fully saturated rings. The number of halogens is 3. The van der Waals surface area contributed by atoms with Gasteiger partial charge < -0.3 is 0 Å². The minimum Gasteiger partial charge on any atom is -0.278 e. The van der Waals surface area contributed by atoms with Crippen LogP contribution in [0, 0.1) is 0 Å². The van der Waals surface area contributed by atoms with Crippen LogP contribution >= 0.6 is 0 Å². The van der Waals surface area contributed by atoms with Gasteiger partial charge in [-0.2, -0.15) is 18.3 Å². The highest BCUT2D eigenvalue weighted by Gasteiger charge is 2.35. The van der Waals surface area contributed by atoms with Crippen molar-refractivity contribution in [3.63, 3.8) is 0 Å². The predicted octanol–water partition coefficient (Wildman–Crippen LogP) is 5.13. The molecule has 1 heterocycles. The van der Waals surface area contributed by atoms with Crippen molar-refractivity contribution in [3.05, 3.63) is 53.7 Å². The summed E-state index contributed by atoms with van der Waals surface area (Å²) in [5.41, 5.74) is 2.19. The zero-order chi connectivity index (χ0) is 15.3. The van der Waals surface area contributed by atoms with Crippen molar-refractivity contribution in [2.24, 2.45) is 0 Å². The number of nitrogens with one attached hydrogen (secondary N) is 1. The van der Waals surface area contributed by atoms with Crippen molar-refractivity contribution in [3.8, 4) is 11.1 Å². The third-order valence-electron chi connectivity index (χ3n) is 4.15. The van der Waals surface area contributed by atoms with Gasteiger partial charge in [-0.3, -0.25) is 5.10 Å². The smallest absolute Gasteiger partial charge is 0.278 e. The summed E-state index contributed by atoms with van der Waals surface area (Å²) in [6.45, 7) is 0. The first-order valence-electron chi connectivity index (χ1n) is 7.17. The second-order valence-corrected chi connectivity index (χ2v) is 5.71. The van der Waals surface area contributed by atoms with Gasteiger partial charge in [0.15, 0.2) is 0 Å². The van der Waals surface area contributed by atoms with Crippen LogP contribution in [-0.2, 0) is 6.18 Å². The normalized spacial score (nSPS) is 15.4. The maximum atomic E-state index is 13.3. The highest BCUT2D eigenvalue weighted by atomic mass is 19.4. The maximum absolute atomic E-state index is 13.3. The van der Waals surface area contributed by atoms with Crippen molar-refractivity contribution < 1.29 is 13.2 Å². The number of H-pyrrole nitrogens is 1. The molecule has 22 heavy (non-hydrogen) atoms. The fourth-order valence-electron chi connectivity index (χ4n) is 2.94. The molecule has 0 atom stereocenters. The molecule has 112 valence electrons. The van der Waals surface area contributed by atoms with Crippen LogP contribution in [0.25, 0.3) is 22.0 Å². The van der Waals surface area contributed by atoms with Gasteiger partial charge >= 0.3 is 6.18 Å². The van der Waals surface area contributed by atoms with E-state index in [-0.39, 0.29) is 5.56 Å². The molecule has 0 saturated heterocycles. The summed E-state index contributed by atoms with van der Waals surface area (Å²) in [4.78, 5) is 0. The molecule has 0 bridgehead atoms. The molecule has 0 unspecified atom stereocenters. The van der Waals surface area contributed by atoms with E-state index in [1.807, 2.05) is 12.1 Å². The van der Waals surface area contributed by atoms with Crippen LogP contribution in [0.3, 0.4) is 0 Å². The first kappa shape index (κ1) is 13.4. The van der Waals surface area contributed by atoms with Crippen LogP contribution < -0.4 is 0 Å². The van der Waals surface area contributed by atoms with E-state index in [1.165, 1.54) is 6.07 Å². The number of aromatic nitrogens is 2. The molecule has 0 amide bonds. The topological polar surface area (TPSA) is 28.7 Å². The Bertz CT molecular complexity index is 844. The minimum atomic E-state index is -4.36. The number of hydrogen-bond donors (Lipinski definition) is 1. The van der Waals surface area contributed by atoms with E-state index in [4.69, 9.17) is 0 Å². The van der Waals surface area contributed by atoms with E-state index in [2.05, 4.69) is 10.2 Å². The zero-order valence-electron chi connectivity index (χ0n) is 11.6. The summed E-state index contributed by atoms with van der Waals surface area (Å²) >= 11 is 0. The first-order valence-corrected chi connectivity index (χ1v) is 7.17. The second kappa shape index (κ2) is 4.60. The largest absolute Gasteiger partial charge is 0.417 e. The third-order valence-corrected chi connectivity index (χ3v) is 4.15. The van der Waals surface area contributed by atoms with Crippen LogP contribution in [0.1, 0.15) is 29.9 Å². The van der Waals surface area contributed by atoms with Gasteiger partial charge in [-0.05, 0) is 53.6 Å². The molecule has 1 aliphatic carbocycles. The molecule has 2 aromatic carbocycles. The predicted molar refractivity (Wildman–Crippen MR) is 78.5 cm³/mol. The molecule has 1 saturated carbocycles. The molecule has 1 aromatic heterocycles. The highest BCUT2D eigenvalue weighted by molar-refractivity contribution is 5.87. The number of rotatable bonds is 2. The van der Waals surface area contributed by atoms with Crippen molar-refractivity contribution >= 4 is 10.9 Å². The standard InChI is InChI=1S/C17H13F3N2/c18-17(19,20)15-4-2-1-3-12(15)14-7-11-9-21-22-16(11)8-13(14)10-5-6-10/h1-4,7-10H,5-6H2,(H,21,22). The van der Waals surface area contributed by atoms with Gasteiger partial charge in [0, 0.05) is 5.39 Å². The molecule has 2 nitrogen and oxygen atoms in total. The van der Waals surface area contributed by atoms with Crippen LogP contribution in [-0.4, -0.2) is 10.2 Å². The molecular formula is C17H13F3N2. The Morgan fingerprint density at radius 2 is 1.82 bits per heavy atom. The van der Waals surface area contributed by atoms with E-state index in [0.717, 1.165) is 35.4 Å². The van der Waals surface area contributed by atoms with E-state index in [9.17, 15) is 13.2 Å². The second-order valence-electron chi connectivity index (χ2n) is 5.71. The molecule has 0 spiro atoms. The molecule has 3 aromatic rings. The number of fused-ring (bicyclic) bond motifs is 1. The quantitative estimate of drug-likeness (QED) is 0.698. The van der Waals surface area contributed by atoms with Crippen LogP contribution in [0.5, 0.6) is 0 Å². The van der Waals surface area contributed by atoms with Gasteiger partial charge in [-0.25, -0.2) is 0 Å². The lowest BCUT2D eigenvalue weighted by Gasteiger charge is -2.16. The van der Waals surface area contributed by atoms with Crippen molar-refractivity contribution in [1.82, 2.24) is 10.2 Å². The Hall–Kier alpha value is -2.30. The van der Waals surface area contributed by atoms with Gasteiger partial charge in [0.1, 0.15) is 0 Å². The fraction of sp³-hybridized carbons (Fsp3) is 0.235. The van der Waals surface area contributed by atoms with Crippen molar-refractivity contribution in [2.75, 3.05) is 0 Å². The third kappa shape index (κ3) is 2.17. The minimum absolute atomic E-state index is 0.250. The zero-order valence-corrected chi connectivity index (χ0v) is 11.6. The lowest BCUT2D eigenvalue weighted by atomic mass is 9.92. The maximum Gasteiger partial charge on any atom is 0.417 e. The van der Waals surface area contributed by atoms with Gasteiger partial charge in [-0.1, -0.05) is 18.2 Å². The van der Waals surface area contributed by atoms with Crippen LogP contribution in [0.15, 0.2) is 42.6 Å². The Morgan fingerprint density at radius 1 is 1.05 bits per heavy atom. The first-order chi connectivity index (χ1) is 10.5. The number of benzene rings is 2. The van der Waals surface area contributed by atoms with Gasteiger partial charge in [-0.15, -0.1) is 0 Å². The fourth-order valence-corrected chi connectivity index (χ4v) is 2.94. The van der Waals surface area contributed by atoms with Crippen molar-refractivity contribution in [1.29, 1.82) is 0 Å². The molecule has 1 N–H and O–H groups in total. The number of nitrogens with zero attached hydrogens (tertiary/aromatic N) is 1. The highest BCUT2D eigenvalue weighted by Crippen LogP contribution is 2.47. The van der Waals surface area contributed by atoms with Gasteiger partial charge in [0.2, 0.25) is 0 Å². The van der Waals surface area contributed by atoms with Crippen LogP contribution in [0.4, 0.5) is 13.2 Å². The Balaban J connectivity index is 1.99. The van der Waals surface area contributed by atoms with E-state index in [1.54, 1.807) is 18.3 Å². The lowest BCUT2D eigenvalue weighted by molar-refractivity contribution is -0.137. The molecule has 4 rings (SSSR count). The summed E-state index contributed by atoms with van der Waals surface area (Å²) in [6, 6.07) is 9.54. The SMILES string of the molecule is FC(F)(F)c1ccccc1-c1cc2cn[nH]c2cc1C1CC1. The van der Waals surface area contributed by atoms with Crippen LogP contribution in [0.2, 0.25) is 0 Å². The summed E-state index contributed by atoms with van der Waals surface area (Å²) in [5.74, 6) is 0.351. The van der Waals surface area contributed by atoms with E-state index in [0.29, 0.717) is 11.5 Å². The molecule has 1 aliphatic rings. The number of aromatic amines is 1. The monoisotopic (exact) mass is 302 g/mol. The average Bonchev–Trinajstić information content (AvgIpc) is 3.23. The molecule has 0 radical (unpaired) electrons. The summed E-state index contributed by atoms with van der Waals surface area (Å²) < 4.78 is 40.0. The lowest BCUT2D eigenvalue weighted by Crippen LogP contribution is -2.07. The summed E-state index contributed by atoms with van der Waals surface area (Å²) in [5, 5.41) is 7.70. The van der Waals surface area contributed by atoms with E-state index >= 15 is 0 Å². The van der Waals surface area contributed by atoms with Crippen molar-refractivity contribution in [2.45, 2.75) is 24.9 Å². The number of alkyl halides is 3. The Kier molecular flexibility index (Phi) is 2.79. The molecular weight excluding hydrogens is 289 g/mol. The summed E-state index contributed by atoms with van der Waals surface area (Å²) in [6.07, 6.45) is -0.657. The van der Waals surface area contributed by atoms with Gasteiger partial charge in [0.25, 0.3) is 0 Å². The summed E-state index contributed by atoms with van der Waals surface area (Å²) in [7, 11) is 0. The number of hydrogen-bond acceptors (Lipinski definition) is 1. The Morgan fingerprint density at radius 3 is 2.55 bits per heavy atom.